The zero-order valence-corrected chi connectivity index (χ0v) is 14.3. The Morgan fingerprint density at radius 1 is 1.35 bits per heavy atom. The molecule has 0 spiro atoms. The van der Waals surface area contributed by atoms with Crippen LogP contribution in [-0.2, 0) is 10.0 Å². The van der Waals surface area contributed by atoms with Crippen molar-refractivity contribution in [3.05, 3.63) is 42.5 Å². The van der Waals surface area contributed by atoms with Gasteiger partial charge in [-0.15, -0.1) is 6.58 Å². The summed E-state index contributed by atoms with van der Waals surface area (Å²) < 4.78 is 26.7. The quantitative estimate of drug-likeness (QED) is 0.812. The fraction of sp³-hybridized carbons (Fsp3) is 0.471. The van der Waals surface area contributed by atoms with Gasteiger partial charge in [-0.3, -0.25) is 4.79 Å². The molecule has 0 radical (unpaired) electrons. The lowest BCUT2D eigenvalue weighted by atomic mass is 9.94. The first-order valence-electron chi connectivity index (χ1n) is 7.93. The highest BCUT2D eigenvalue weighted by molar-refractivity contribution is 7.89. The summed E-state index contributed by atoms with van der Waals surface area (Å²) in [4.78, 5) is 14.5. The van der Waals surface area contributed by atoms with E-state index in [1.807, 2.05) is 0 Å². The summed E-state index contributed by atoms with van der Waals surface area (Å²) in [7, 11) is -1.82. The van der Waals surface area contributed by atoms with Crippen LogP contribution >= 0.6 is 0 Å². The van der Waals surface area contributed by atoms with Crippen molar-refractivity contribution in [2.75, 3.05) is 13.6 Å². The zero-order chi connectivity index (χ0) is 16.9. The zero-order valence-electron chi connectivity index (χ0n) is 13.5. The van der Waals surface area contributed by atoms with E-state index in [-0.39, 0.29) is 23.4 Å². The standard InChI is InChI=1S/C17H24N2O3S/c1-3-12-18-23(21,22)16-11-7-8-14(13-16)17(20)19(2)15-9-5-4-6-10-15/h3,7-8,11,13,15,18H,1,4-6,9-10,12H2,2H3. The van der Waals surface area contributed by atoms with Crippen LogP contribution in [0.3, 0.4) is 0 Å². The van der Waals surface area contributed by atoms with E-state index in [0.717, 1.165) is 25.7 Å². The molecule has 0 unspecified atom stereocenters. The number of sulfonamides is 1. The molecule has 2 rings (SSSR count). The van der Waals surface area contributed by atoms with Crippen LogP contribution in [0.2, 0.25) is 0 Å². The van der Waals surface area contributed by atoms with Gasteiger partial charge in [-0.25, -0.2) is 13.1 Å². The van der Waals surface area contributed by atoms with Gasteiger partial charge in [-0.1, -0.05) is 31.4 Å². The Morgan fingerprint density at radius 2 is 2.04 bits per heavy atom. The molecule has 5 nitrogen and oxygen atoms in total. The normalized spacial score (nSPS) is 16.0. The molecule has 0 atom stereocenters. The lowest BCUT2D eigenvalue weighted by Crippen LogP contribution is -2.38. The van der Waals surface area contributed by atoms with E-state index in [2.05, 4.69) is 11.3 Å². The fourth-order valence-electron chi connectivity index (χ4n) is 2.89. The number of hydrogen-bond donors (Lipinski definition) is 1. The first-order chi connectivity index (χ1) is 11.0. The van der Waals surface area contributed by atoms with Gasteiger partial charge in [0.1, 0.15) is 0 Å². The number of benzene rings is 1. The second-order valence-electron chi connectivity index (χ2n) is 5.88. The molecule has 126 valence electrons. The Kier molecular flexibility index (Phi) is 5.96. The highest BCUT2D eigenvalue weighted by atomic mass is 32.2. The highest BCUT2D eigenvalue weighted by Gasteiger charge is 2.24. The number of hydrogen-bond acceptors (Lipinski definition) is 3. The molecule has 0 aromatic heterocycles. The maximum absolute atomic E-state index is 12.6. The number of amides is 1. The fourth-order valence-corrected chi connectivity index (χ4v) is 3.93. The van der Waals surface area contributed by atoms with Crippen molar-refractivity contribution in [3.8, 4) is 0 Å². The van der Waals surface area contributed by atoms with Crippen molar-refractivity contribution in [2.45, 2.75) is 43.0 Å². The van der Waals surface area contributed by atoms with Crippen LogP contribution in [-0.4, -0.2) is 38.9 Å². The molecule has 1 N–H and O–H groups in total. The van der Waals surface area contributed by atoms with E-state index in [1.165, 1.54) is 24.6 Å². The summed E-state index contributed by atoms with van der Waals surface area (Å²) in [5.41, 5.74) is 0.402. The van der Waals surface area contributed by atoms with Gasteiger partial charge in [0.2, 0.25) is 10.0 Å². The molecule has 0 aliphatic heterocycles. The molecule has 1 aliphatic carbocycles. The van der Waals surface area contributed by atoms with Gasteiger partial charge in [0, 0.05) is 25.2 Å². The van der Waals surface area contributed by atoms with Crippen molar-refractivity contribution in [1.29, 1.82) is 0 Å². The van der Waals surface area contributed by atoms with Crippen LogP contribution in [0.25, 0.3) is 0 Å². The maximum atomic E-state index is 12.6. The molecule has 1 fully saturated rings. The molecular weight excluding hydrogens is 312 g/mol. The molecule has 23 heavy (non-hydrogen) atoms. The van der Waals surface area contributed by atoms with Crippen molar-refractivity contribution in [2.24, 2.45) is 0 Å². The molecule has 0 heterocycles. The summed E-state index contributed by atoms with van der Waals surface area (Å²) in [6, 6.07) is 6.43. The number of nitrogens with one attached hydrogen (secondary N) is 1. The number of carbonyl (C=O) groups excluding carboxylic acids is 1. The maximum Gasteiger partial charge on any atom is 0.253 e. The lowest BCUT2D eigenvalue weighted by Gasteiger charge is -2.31. The second-order valence-corrected chi connectivity index (χ2v) is 7.64. The Balaban J connectivity index is 2.18. The van der Waals surface area contributed by atoms with E-state index < -0.39 is 10.0 Å². The number of nitrogens with zero attached hydrogens (tertiary/aromatic N) is 1. The van der Waals surface area contributed by atoms with Crippen LogP contribution in [0, 0.1) is 0 Å². The van der Waals surface area contributed by atoms with Gasteiger partial charge in [-0.05, 0) is 31.0 Å². The lowest BCUT2D eigenvalue weighted by molar-refractivity contribution is 0.0696. The molecule has 1 saturated carbocycles. The van der Waals surface area contributed by atoms with Gasteiger partial charge in [0.25, 0.3) is 5.91 Å². The Bertz CT molecular complexity index is 664. The Morgan fingerprint density at radius 3 is 2.70 bits per heavy atom. The van der Waals surface area contributed by atoms with E-state index in [4.69, 9.17) is 0 Å². The van der Waals surface area contributed by atoms with Gasteiger partial charge >= 0.3 is 0 Å². The van der Waals surface area contributed by atoms with Gasteiger partial charge < -0.3 is 4.90 Å². The van der Waals surface area contributed by atoms with Crippen molar-refractivity contribution >= 4 is 15.9 Å². The third kappa shape index (κ3) is 4.42. The molecule has 0 bridgehead atoms. The van der Waals surface area contributed by atoms with Crippen LogP contribution < -0.4 is 4.72 Å². The summed E-state index contributed by atoms with van der Waals surface area (Å²) in [6.07, 6.45) is 7.01. The summed E-state index contributed by atoms with van der Waals surface area (Å²) in [5, 5.41) is 0. The molecule has 1 aliphatic rings. The van der Waals surface area contributed by atoms with Crippen LogP contribution in [0.1, 0.15) is 42.5 Å². The Labute approximate surface area is 138 Å². The molecule has 0 saturated heterocycles. The Hall–Kier alpha value is -1.66. The van der Waals surface area contributed by atoms with Gasteiger partial charge in [-0.2, -0.15) is 0 Å². The minimum atomic E-state index is -3.62. The molecule has 1 aromatic carbocycles. The van der Waals surface area contributed by atoms with Crippen LogP contribution in [0.4, 0.5) is 0 Å². The van der Waals surface area contributed by atoms with Crippen molar-refractivity contribution < 1.29 is 13.2 Å². The van der Waals surface area contributed by atoms with Crippen LogP contribution in [0.5, 0.6) is 0 Å². The van der Waals surface area contributed by atoms with E-state index in [9.17, 15) is 13.2 Å². The summed E-state index contributed by atoms with van der Waals surface area (Å²) in [6.45, 7) is 3.65. The predicted molar refractivity (Wildman–Crippen MR) is 90.8 cm³/mol. The summed E-state index contributed by atoms with van der Waals surface area (Å²) >= 11 is 0. The SMILES string of the molecule is C=CCNS(=O)(=O)c1cccc(C(=O)N(C)C2CCCCC2)c1. The third-order valence-electron chi connectivity index (χ3n) is 4.25. The first kappa shape index (κ1) is 17.7. The van der Waals surface area contributed by atoms with E-state index in [1.54, 1.807) is 24.1 Å². The molecule has 1 amide bonds. The smallest absolute Gasteiger partial charge is 0.253 e. The average Bonchev–Trinajstić information content (AvgIpc) is 2.59. The monoisotopic (exact) mass is 336 g/mol. The second kappa shape index (κ2) is 7.75. The van der Waals surface area contributed by atoms with Crippen LogP contribution in [0.15, 0.2) is 41.8 Å². The van der Waals surface area contributed by atoms with Gasteiger partial charge in [0.15, 0.2) is 0 Å². The largest absolute Gasteiger partial charge is 0.339 e. The minimum Gasteiger partial charge on any atom is -0.339 e. The first-order valence-corrected chi connectivity index (χ1v) is 9.42. The van der Waals surface area contributed by atoms with Crippen molar-refractivity contribution in [1.82, 2.24) is 9.62 Å². The topological polar surface area (TPSA) is 66.5 Å². The van der Waals surface area contributed by atoms with E-state index in [0.29, 0.717) is 5.56 Å². The number of carbonyl (C=O) groups is 1. The van der Waals surface area contributed by atoms with E-state index >= 15 is 0 Å². The minimum absolute atomic E-state index is 0.0993. The number of rotatable bonds is 6. The highest BCUT2D eigenvalue weighted by Crippen LogP contribution is 2.23. The molecule has 1 aromatic rings. The van der Waals surface area contributed by atoms with Gasteiger partial charge in [0.05, 0.1) is 4.90 Å². The van der Waals surface area contributed by atoms with Crippen molar-refractivity contribution in [3.63, 3.8) is 0 Å². The predicted octanol–water partition coefficient (Wildman–Crippen LogP) is 2.56. The average molecular weight is 336 g/mol. The molecular formula is C17H24N2O3S. The molecule has 6 heteroatoms. The summed E-state index contributed by atoms with van der Waals surface area (Å²) in [5.74, 6) is -0.127. The third-order valence-corrected chi connectivity index (χ3v) is 5.67.